The lowest BCUT2D eigenvalue weighted by molar-refractivity contribution is -0.120. The van der Waals surface area contributed by atoms with Crippen LogP contribution in [0.5, 0.6) is 0 Å². The highest BCUT2D eigenvalue weighted by Gasteiger charge is 1.97. The normalized spacial score (nSPS) is 9.43. The van der Waals surface area contributed by atoms with Crippen LogP contribution in [0.3, 0.4) is 0 Å². The predicted octanol–water partition coefficient (Wildman–Crippen LogP) is -1.78. The Kier molecular flexibility index (Phi) is 9.10. The molecule has 0 aromatic rings. The maximum atomic E-state index is 10.9. The molecule has 0 saturated heterocycles. The van der Waals surface area contributed by atoms with E-state index in [9.17, 15) is 4.79 Å². The van der Waals surface area contributed by atoms with Crippen LogP contribution in [-0.2, 0) is 9.53 Å². The van der Waals surface area contributed by atoms with Gasteiger partial charge in [0.2, 0.25) is 5.91 Å². The number of rotatable bonds is 8. The van der Waals surface area contributed by atoms with Crippen LogP contribution in [0.2, 0.25) is 0 Å². The Hall–Kier alpha value is -1.16. The minimum absolute atomic E-state index is 0.00263. The second-order valence-electron chi connectivity index (χ2n) is 2.45. The summed E-state index contributed by atoms with van der Waals surface area (Å²) in [5.74, 6) is -0.214. The fraction of sp³-hybridized carbons (Fsp3) is 0.750. The van der Waals surface area contributed by atoms with E-state index in [0.29, 0.717) is 19.8 Å². The van der Waals surface area contributed by atoms with E-state index in [1.807, 2.05) is 0 Å². The van der Waals surface area contributed by atoms with Gasteiger partial charge in [-0.15, -0.1) is 0 Å². The third-order valence-electron chi connectivity index (χ3n) is 1.31. The second kappa shape index (κ2) is 9.92. The molecule has 0 spiro atoms. The predicted molar refractivity (Wildman–Crippen MR) is 49.4 cm³/mol. The minimum Gasteiger partial charge on any atom is -0.394 e. The van der Waals surface area contributed by atoms with E-state index < -0.39 is 0 Å². The van der Waals surface area contributed by atoms with E-state index in [1.54, 1.807) is 6.07 Å². The molecule has 0 aromatic carbocycles. The smallest absolute Gasteiger partial charge is 0.234 e. The average Bonchev–Trinajstić information content (AvgIpc) is 2.20. The average molecular weight is 201 g/mol. The fourth-order valence-corrected chi connectivity index (χ4v) is 0.713. The number of hydrogen-bond acceptors (Lipinski definition) is 5. The van der Waals surface area contributed by atoms with Crippen LogP contribution >= 0.6 is 0 Å². The van der Waals surface area contributed by atoms with E-state index in [0.717, 1.165) is 0 Å². The first-order valence-corrected chi connectivity index (χ1v) is 4.34. The number of nitrogens with zero attached hydrogens (tertiary/aromatic N) is 1. The molecule has 0 fully saturated rings. The molecule has 6 heteroatoms. The summed E-state index contributed by atoms with van der Waals surface area (Å²) >= 11 is 0. The molecule has 80 valence electrons. The Morgan fingerprint density at radius 3 is 2.93 bits per heavy atom. The molecule has 0 aromatic heterocycles. The van der Waals surface area contributed by atoms with E-state index in [4.69, 9.17) is 15.1 Å². The van der Waals surface area contributed by atoms with Crippen molar-refractivity contribution in [1.82, 2.24) is 10.6 Å². The lowest BCUT2D eigenvalue weighted by Gasteiger charge is -2.04. The van der Waals surface area contributed by atoms with Gasteiger partial charge in [0, 0.05) is 6.54 Å². The van der Waals surface area contributed by atoms with E-state index in [1.165, 1.54) is 0 Å². The van der Waals surface area contributed by atoms with Gasteiger partial charge in [-0.3, -0.25) is 4.79 Å². The Labute approximate surface area is 82.9 Å². The van der Waals surface area contributed by atoms with Gasteiger partial charge in [0.15, 0.2) is 0 Å². The molecular weight excluding hydrogens is 186 g/mol. The van der Waals surface area contributed by atoms with Gasteiger partial charge in [0.25, 0.3) is 0 Å². The lowest BCUT2D eigenvalue weighted by Crippen LogP contribution is -2.35. The summed E-state index contributed by atoms with van der Waals surface area (Å²) in [6, 6.07) is 1.80. The third-order valence-corrected chi connectivity index (χ3v) is 1.31. The van der Waals surface area contributed by atoms with Gasteiger partial charge in [-0.2, -0.15) is 5.26 Å². The minimum atomic E-state index is -0.214. The molecule has 0 aliphatic carbocycles. The van der Waals surface area contributed by atoms with E-state index in [-0.39, 0.29) is 25.6 Å². The van der Waals surface area contributed by atoms with Crippen molar-refractivity contribution in [1.29, 1.82) is 5.26 Å². The molecule has 3 N–H and O–H groups in total. The maximum absolute atomic E-state index is 10.9. The molecule has 0 bridgehead atoms. The third kappa shape index (κ3) is 8.93. The molecule has 0 radical (unpaired) electrons. The first-order chi connectivity index (χ1) is 6.81. The maximum Gasteiger partial charge on any atom is 0.234 e. The van der Waals surface area contributed by atoms with Crippen molar-refractivity contribution in [2.24, 2.45) is 0 Å². The number of hydrogen-bond donors (Lipinski definition) is 3. The topological polar surface area (TPSA) is 94.4 Å². The summed E-state index contributed by atoms with van der Waals surface area (Å²) in [6.07, 6.45) is 0. The number of aliphatic hydroxyl groups is 1. The molecule has 0 saturated carbocycles. The number of carbonyl (C=O) groups excluding carboxylic acids is 1. The number of carbonyl (C=O) groups is 1. The number of aliphatic hydroxyl groups excluding tert-OH is 1. The van der Waals surface area contributed by atoms with Gasteiger partial charge in [-0.05, 0) is 0 Å². The van der Waals surface area contributed by atoms with Crippen LogP contribution in [0.1, 0.15) is 0 Å². The lowest BCUT2D eigenvalue weighted by atomic mass is 10.5. The fourth-order valence-electron chi connectivity index (χ4n) is 0.713. The SMILES string of the molecule is N#CCNC(=O)CNCCOCCO. The first-order valence-electron chi connectivity index (χ1n) is 4.34. The molecule has 0 heterocycles. The Morgan fingerprint density at radius 1 is 1.50 bits per heavy atom. The summed E-state index contributed by atoms with van der Waals surface area (Å²) < 4.78 is 4.95. The largest absolute Gasteiger partial charge is 0.394 e. The van der Waals surface area contributed by atoms with Crippen LogP contribution < -0.4 is 10.6 Å². The van der Waals surface area contributed by atoms with Crippen molar-refractivity contribution in [2.75, 3.05) is 39.5 Å². The number of amides is 1. The van der Waals surface area contributed by atoms with Crippen molar-refractivity contribution in [3.63, 3.8) is 0 Å². The zero-order chi connectivity index (χ0) is 10.6. The van der Waals surface area contributed by atoms with Crippen molar-refractivity contribution in [2.45, 2.75) is 0 Å². The molecule has 0 unspecified atom stereocenters. The number of nitriles is 1. The van der Waals surface area contributed by atoms with Gasteiger partial charge in [-0.1, -0.05) is 0 Å². The molecule has 0 atom stereocenters. The van der Waals surface area contributed by atoms with Crippen LogP contribution in [0.15, 0.2) is 0 Å². The zero-order valence-corrected chi connectivity index (χ0v) is 7.95. The summed E-state index contributed by atoms with van der Waals surface area (Å²) in [5.41, 5.74) is 0. The van der Waals surface area contributed by atoms with Gasteiger partial charge in [0.1, 0.15) is 6.54 Å². The molecule has 14 heavy (non-hydrogen) atoms. The molecule has 6 nitrogen and oxygen atoms in total. The highest BCUT2D eigenvalue weighted by molar-refractivity contribution is 5.78. The Morgan fingerprint density at radius 2 is 2.29 bits per heavy atom. The van der Waals surface area contributed by atoms with E-state index >= 15 is 0 Å². The van der Waals surface area contributed by atoms with Crippen LogP contribution in [0, 0.1) is 11.3 Å². The monoisotopic (exact) mass is 201 g/mol. The number of nitrogens with one attached hydrogen (secondary N) is 2. The van der Waals surface area contributed by atoms with Gasteiger partial charge in [-0.25, -0.2) is 0 Å². The van der Waals surface area contributed by atoms with E-state index in [2.05, 4.69) is 10.6 Å². The van der Waals surface area contributed by atoms with Crippen molar-refractivity contribution < 1.29 is 14.6 Å². The molecule has 0 rings (SSSR count). The van der Waals surface area contributed by atoms with Gasteiger partial charge < -0.3 is 20.5 Å². The number of ether oxygens (including phenoxy) is 1. The van der Waals surface area contributed by atoms with Gasteiger partial charge in [0.05, 0.1) is 32.4 Å². The molecule has 1 amide bonds. The Bertz CT molecular complexity index is 191. The van der Waals surface area contributed by atoms with Crippen molar-refractivity contribution in [3.05, 3.63) is 0 Å². The summed E-state index contributed by atoms with van der Waals surface area (Å²) in [7, 11) is 0. The van der Waals surface area contributed by atoms with Crippen LogP contribution in [0.25, 0.3) is 0 Å². The second-order valence-corrected chi connectivity index (χ2v) is 2.45. The summed E-state index contributed by atoms with van der Waals surface area (Å²) in [6.45, 7) is 1.50. The Balaban J connectivity index is 3.11. The zero-order valence-electron chi connectivity index (χ0n) is 7.95. The van der Waals surface area contributed by atoms with Crippen molar-refractivity contribution >= 4 is 5.91 Å². The highest BCUT2D eigenvalue weighted by Crippen LogP contribution is 1.71. The molecule has 0 aliphatic heterocycles. The highest BCUT2D eigenvalue weighted by atomic mass is 16.5. The molecule has 0 aliphatic rings. The molecular formula is C8H15N3O3. The summed E-state index contributed by atoms with van der Waals surface area (Å²) in [5, 5.41) is 21.7. The summed E-state index contributed by atoms with van der Waals surface area (Å²) in [4.78, 5) is 10.9. The standard InChI is InChI=1S/C8H15N3O3/c9-1-2-11-8(13)7-10-3-5-14-6-4-12/h10,12H,2-7H2,(H,11,13). The van der Waals surface area contributed by atoms with Gasteiger partial charge >= 0.3 is 0 Å². The van der Waals surface area contributed by atoms with Crippen molar-refractivity contribution in [3.8, 4) is 6.07 Å². The quantitative estimate of drug-likeness (QED) is 0.319. The first kappa shape index (κ1) is 12.8. The van der Waals surface area contributed by atoms with Crippen LogP contribution in [-0.4, -0.2) is 50.5 Å². The van der Waals surface area contributed by atoms with Crippen LogP contribution in [0.4, 0.5) is 0 Å².